The summed E-state index contributed by atoms with van der Waals surface area (Å²) in [6.45, 7) is -0.563. The van der Waals surface area contributed by atoms with Crippen LogP contribution < -0.4 is 0 Å². The molecule has 2 fully saturated rings. The van der Waals surface area contributed by atoms with E-state index in [0.717, 1.165) is 32.1 Å². The maximum absolute atomic E-state index is 12.8. The quantitative estimate of drug-likeness (QED) is 0.567. The second kappa shape index (κ2) is 11.1. The second-order valence-electron chi connectivity index (χ2n) is 8.66. The minimum Gasteiger partial charge on any atom is -0.452 e. The number of aliphatic hydroxyl groups excluding tert-OH is 2. The molecule has 1 saturated heterocycles. The van der Waals surface area contributed by atoms with E-state index in [1.54, 1.807) is 60.7 Å². The van der Waals surface area contributed by atoms with Gasteiger partial charge in [0, 0.05) is 12.8 Å². The summed E-state index contributed by atoms with van der Waals surface area (Å²) in [6.07, 6.45) is -0.438. The van der Waals surface area contributed by atoms with Crippen molar-refractivity contribution < 1.29 is 38.7 Å². The Bertz CT molecular complexity index is 942. The molecule has 4 atom stereocenters. The van der Waals surface area contributed by atoms with Gasteiger partial charge < -0.3 is 29.2 Å². The van der Waals surface area contributed by atoms with Gasteiger partial charge in [-0.3, -0.25) is 0 Å². The molecule has 0 bridgehead atoms. The molecule has 2 N–H and O–H groups in total. The third-order valence-electron chi connectivity index (χ3n) is 6.28. The van der Waals surface area contributed by atoms with Crippen LogP contribution in [0.25, 0.3) is 0 Å². The number of carbonyl (C=O) groups is 2. The minimum atomic E-state index is -1.39. The Labute approximate surface area is 198 Å². The van der Waals surface area contributed by atoms with Gasteiger partial charge in [-0.25, -0.2) is 9.59 Å². The van der Waals surface area contributed by atoms with Gasteiger partial charge in [-0.05, 0) is 37.1 Å². The molecule has 34 heavy (non-hydrogen) atoms. The van der Waals surface area contributed by atoms with E-state index in [0.29, 0.717) is 0 Å². The van der Waals surface area contributed by atoms with E-state index in [9.17, 15) is 19.8 Å². The highest BCUT2D eigenvalue weighted by Crippen LogP contribution is 2.39. The van der Waals surface area contributed by atoms with Gasteiger partial charge in [-0.15, -0.1) is 0 Å². The van der Waals surface area contributed by atoms with Crippen molar-refractivity contribution >= 4 is 11.9 Å². The van der Waals surface area contributed by atoms with E-state index in [4.69, 9.17) is 18.9 Å². The Morgan fingerprint density at radius 3 is 2.03 bits per heavy atom. The van der Waals surface area contributed by atoms with Crippen molar-refractivity contribution in [1.29, 1.82) is 0 Å². The largest absolute Gasteiger partial charge is 0.452 e. The molecule has 4 rings (SSSR count). The van der Waals surface area contributed by atoms with Crippen LogP contribution in [0, 0.1) is 0 Å². The van der Waals surface area contributed by atoms with Crippen molar-refractivity contribution in [3.05, 3.63) is 71.8 Å². The molecule has 1 heterocycles. The van der Waals surface area contributed by atoms with Crippen molar-refractivity contribution in [3.63, 3.8) is 0 Å². The number of esters is 2. The third kappa shape index (κ3) is 5.64. The van der Waals surface area contributed by atoms with Crippen LogP contribution in [0.3, 0.4) is 0 Å². The van der Waals surface area contributed by atoms with Crippen LogP contribution in [0.5, 0.6) is 0 Å². The van der Waals surface area contributed by atoms with Gasteiger partial charge in [0.1, 0.15) is 12.2 Å². The van der Waals surface area contributed by atoms with Crippen LogP contribution in [0.2, 0.25) is 0 Å². The van der Waals surface area contributed by atoms with Gasteiger partial charge in [0.25, 0.3) is 0 Å². The van der Waals surface area contributed by atoms with E-state index in [2.05, 4.69) is 0 Å². The summed E-state index contributed by atoms with van der Waals surface area (Å²) in [6, 6.07) is 16.5. The molecule has 0 amide bonds. The molecule has 8 nitrogen and oxygen atoms in total. The number of aliphatic hydroxyl groups is 2. The summed E-state index contributed by atoms with van der Waals surface area (Å²) in [4.78, 5) is 25.5. The van der Waals surface area contributed by atoms with E-state index >= 15 is 0 Å². The van der Waals surface area contributed by atoms with Crippen LogP contribution in [0.4, 0.5) is 0 Å². The first kappa shape index (κ1) is 24.3. The fraction of sp³-hybridized carbons (Fsp3) is 0.462. The molecular weight excluding hydrogens is 440 g/mol. The molecule has 8 heteroatoms. The highest BCUT2D eigenvalue weighted by Gasteiger charge is 2.48. The summed E-state index contributed by atoms with van der Waals surface area (Å²) in [7, 11) is 0. The van der Waals surface area contributed by atoms with Crippen LogP contribution in [-0.2, 0) is 18.9 Å². The summed E-state index contributed by atoms with van der Waals surface area (Å²) >= 11 is 0. The first-order valence-corrected chi connectivity index (χ1v) is 11.6. The predicted molar refractivity (Wildman–Crippen MR) is 121 cm³/mol. The molecule has 1 aliphatic carbocycles. The molecular formula is C26H30O8. The Balaban J connectivity index is 1.53. The predicted octanol–water partition coefficient (Wildman–Crippen LogP) is 2.87. The summed E-state index contributed by atoms with van der Waals surface area (Å²) in [5.74, 6) is -2.18. The fourth-order valence-electron chi connectivity index (χ4n) is 4.43. The fourth-order valence-corrected chi connectivity index (χ4v) is 4.43. The average Bonchev–Trinajstić information content (AvgIpc) is 3.29. The normalized spacial score (nSPS) is 22.0. The topological polar surface area (TPSA) is 112 Å². The number of hydrogen-bond acceptors (Lipinski definition) is 8. The van der Waals surface area contributed by atoms with Crippen LogP contribution in [-0.4, -0.2) is 65.6 Å². The average molecular weight is 471 g/mol. The van der Waals surface area contributed by atoms with Crippen LogP contribution >= 0.6 is 0 Å². The van der Waals surface area contributed by atoms with Crippen LogP contribution in [0.15, 0.2) is 60.7 Å². The van der Waals surface area contributed by atoms with Gasteiger partial charge in [-0.1, -0.05) is 42.8 Å². The van der Waals surface area contributed by atoms with E-state index in [-0.39, 0.29) is 17.7 Å². The summed E-state index contributed by atoms with van der Waals surface area (Å²) in [5.41, 5.74) is 0.531. The monoisotopic (exact) mass is 470 g/mol. The third-order valence-corrected chi connectivity index (χ3v) is 6.28. The van der Waals surface area contributed by atoms with Crippen molar-refractivity contribution in [1.82, 2.24) is 0 Å². The highest BCUT2D eigenvalue weighted by molar-refractivity contribution is 5.90. The molecule has 2 aliphatic rings. The van der Waals surface area contributed by atoms with Crippen molar-refractivity contribution in [2.24, 2.45) is 0 Å². The molecule has 0 radical (unpaired) electrons. The molecule has 2 aromatic carbocycles. The van der Waals surface area contributed by atoms with Crippen molar-refractivity contribution in [2.45, 2.75) is 62.3 Å². The number of hydrogen-bond donors (Lipinski definition) is 2. The smallest absolute Gasteiger partial charge is 0.338 e. The van der Waals surface area contributed by atoms with Crippen molar-refractivity contribution in [3.8, 4) is 0 Å². The first-order chi connectivity index (χ1) is 16.5. The van der Waals surface area contributed by atoms with Crippen LogP contribution in [0.1, 0.15) is 52.8 Å². The molecule has 2 aromatic rings. The number of ether oxygens (including phenoxy) is 4. The summed E-state index contributed by atoms with van der Waals surface area (Å²) < 4.78 is 23.1. The standard InChI is InChI=1S/C26H30O8/c27-16-20(32-24(29)18-10-4-1-5-11-18)23(33-25(30)19-12-6-2-7-13-19)22(28)21-17-31-26(34-21)14-8-3-9-15-26/h1-2,4-7,10-13,20-23,27-28H,3,8-9,14-17H2/t20-,21-,22+,23+/m1/s1. The number of rotatable bonds is 8. The Hall–Kier alpha value is -2.78. The lowest BCUT2D eigenvalue weighted by Gasteiger charge is -2.34. The summed E-state index contributed by atoms with van der Waals surface area (Å²) in [5, 5.41) is 21.3. The minimum absolute atomic E-state index is 0.103. The lowest BCUT2D eigenvalue weighted by Crippen LogP contribution is -2.51. The van der Waals surface area contributed by atoms with Gasteiger partial charge in [0.05, 0.1) is 24.3 Å². The Morgan fingerprint density at radius 1 is 0.912 bits per heavy atom. The lowest BCUT2D eigenvalue weighted by molar-refractivity contribution is -0.205. The van der Waals surface area contributed by atoms with E-state index in [1.807, 2.05) is 0 Å². The molecule has 182 valence electrons. The Kier molecular flexibility index (Phi) is 7.95. The van der Waals surface area contributed by atoms with Gasteiger partial charge in [0.15, 0.2) is 18.0 Å². The SMILES string of the molecule is O=C(O[C@H]([C@@H](O)[C@H]1COC2(CCCCC2)O1)[C@@H](CO)OC(=O)c1ccccc1)c1ccccc1. The van der Waals surface area contributed by atoms with Gasteiger partial charge >= 0.3 is 11.9 Å². The second-order valence-corrected chi connectivity index (χ2v) is 8.66. The Morgan fingerprint density at radius 2 is 1.47 bits per heavy atom. The first-order valence-electron chi connectivity index (χ1n) is 11.6. The maximum Gasteiger partial charge on any atom is 0.338 e. The molecule has 1 aliphatic heterocycles. The molecule has 1 spiro atoms. The number of benzene rings is 2. The molecule has 0 aromatic heterocycles. The lowest BCUT2D eigenvalue weighted by atomic mass is 9.94. The highest BCUT2D eigenvalue weighted by atomic mass is 16.7. The van der Waals surface area contributed by atoms with E-state index in [1.165, 1.54) is 0 Å². The zero-order valence-electron chi connectivity index (χ0n) is 18.9. The van der Waals surface area contributed by atoms with E-state index < -0.39 is 48.7 Å². The zero-order chi connectivity index (χ0) is 24.0. The van der Waals surface area contributed by atoms with Crippen molar-refractivity contribution in [2.75, 3.05) is 13.2 Å². The molecule has 1 saturated carbocycles. The van der Waals surface area contributed by atoms with Gasteiger partial charge in [0.2, 0.25) is 0 Å². The van der Waals surface area contributed by atoms with Gasteiger partial charge in [-0.2, -0.15) is 0 Å². The number of carbonyl (C=O) groups excluding carboxylic acids is 2. The maximum atomic E-state index is 12.8. The zero-order valence-corrected chi connectivity index (χ0v) is 18.9. The molecule has 0 unspecified atom stereocenters.